The number of hydrogen-bond donors (Lipinski definition) is 1. The molecule has 3 heteroatoms. The molecule has 3 atom stereocenters. The molecule has 20 heavy (non-hydrogen) atoms. The van der Waals surface area contributed by atoms with E-state index in [4.69, 9.17) is 0 Å². The van der Waals surface area contributed by atoms with Gasteiger partial charge in [-0.3, -0.25) is 4.90 Å². The first-order valence-electron chi connectivity index (χ1n) is 7.82. The largest absolute Gasteiger partial charge is 0.311 e. The maximum atomic E-state index is 3.81. The smallest absolute Gasteiger partial charge is 0.0476 e. The van der Waals surface area contributed by atoms with Gasteiger partial charge in [-0.15, -0.1) is 0 Å². The van der Waals surface area contributed by atoms with Crippen LogP contribution in [0, 0.1) is 5.92 Å². The third-order valence-corrected chi connectivity index (χ3v) is 5.55. The van der Waals surface area contributed by atoms with Crippen molar-refractivity contribution in [2.45, 2.75) is 37.9 Å². The van der Waals surface area contributed by atoms with Gasteiger partial charge in [-0.25, -0.2) is 0 Å². The van der Waals surface area contributed by atoms with Crippen molar-refractivity contribution in [3.05, 3.63) is 35.9 Å². The van der Waals surface area contributed by atoms with Crippen LogP contribution in [0.1, 0.15) is 31.4 Å². The maximum absolute atomic E-state index is 3.81. The third kappa shape index (κ3) is 3.21. The molecule has 1 heterocycles. The average molecular weight is 290 g/mol. The Bertz CT molecular complexity index is 418. The Morgan fingerprint density at radius 1 is 1.30 bits per heavy atom. The molecule has 1 aliphatic carbocycles. The summed E-state index contributed by atoms with van der Waals surface area (Å²) in [5, 5.41) is 3.81. The van der Waals surface area contributed by atoms with Crippen molar-refractivity contribution in [2.24, 2.45) is 5.92 Å². The molecule has 2 fully saturated rings. The van der Waals surface area contributed by atoms with Crippen LogP contribution in [0.2, 0.25) is 0 Å². The molecule has 0 amide bonds. The number of thioether (sulfide) groups is 1. The fourth-order valence-corrected chi connectivity index (χ4v) is 4.10. The molecule has 1 saturated carbocycles. The minimum absolute atomic E-state index is 0.536. The fraction of sp³-hybridized carbons (Fsp3) is 0.647. The van der Waals surface area contributed by atoms with Gasteiger partial charge < -0.3 is 5.32 Å². The second-order valence-corrected chi connectivity index (χ2v) is 7.19. The van der Waals surface area contributed by atoms with Gasteiger partial charge in [-0.2, -0.15) is 11.8 Å². The van der Waals surface area contributed by atoms with Crippen LogP contribution >= 0.6 is 11.8 Å². The van der Waals surface area contributed by atoms with Gasteiger partial charge in [0.05, 0.1) is 0 Å². The Balaban J connectivity index is 1.76. The molecule has 1 saturated heterocycles. The maximum Gasteiger partial charge on any atom is 0.0476 e. The van der Waals surface area contributed by atoms with Gasteiger partial charge in [0.15, 0.2) is 0 Å². The molecule has 1 aliphatic heterocycles. The number of hydrogen-bond acceptors (Lipinski definition) is 3. The summed E-state index contributed by atoms with van der Waals surface area (Å²) in [6.07, 6.45) is 5.07. The topological polar surface area (TPSA) is 15.3 Å². The quantitative estimate of drug-likeness (QED) is 0.897. The Morgan fingerprint density at radius 3 is 2.70 bits per heavy atom. The predicted molar refractivity (Wildman–Crippen MR) is 88.2 cm³/mol. The van der Waals surface area contributed by atoms with Crippen molar-refractivity contribution >= 4 is 11.8 Å². The molecule has 0 spiro atoms. The van der Waals surface area contributed by atoms with Crippen molar-refractivity contribution in [1.82, 2.24) is 10.2 Å². The van der Waals surface area contributed by atoms with E-state index >= 15 is 0 Å². The van der Waals surface area contributed by atoms with E-state index in [0.717, 1.165) is 18.5 Å². The Morgan fingerprint density at radius 2 is 2.05 bits per heavy atom. The number of nitrogens with zero attached hydrogens (tertiary/aromatic N) is 1. The lowest BCUT2D eigenvalue weighted by Crippen LogP contribution is -2.56. The Labute approximate surface area is 127 Å². The lowest BCUT2D eigenvalue weighted by Gasteiger charge is -2.44. The summed E-state index contributed by atoms with van der Waals surface area (Å²) in [6, 6.07) is 12.9. The van der Waals surface area contributed by atoms with E-state index < -0.39 is 0 Å². The van der Waals surface area contributed by atoms with Gasteiger partial charge in [0.25, 0.3) is 0 Å². The minimum Gasteiger partial charge on any atom is -0.311 e. The number of piperazine rings is 1. The highest BCUT2D eigenvalue weighted by molar-refractivity contribution is 7.98. The zero-order chi connectivity index (χ0) is 13.9. The van der Waals surface area contributed by atoms with E-state index in [1.807, 2.05) is 11.8 Å². The second-order valence-electron chi connectivity index (χ2n) is 6.28. The van der Waals surface area contributed by atoms with Gasteiger partial charge >= 0.3 is 0 Å². The number of rotatable bonds is 5. The molecule has 3 rings (SSSR count). The fourth-order valence-electron chi connectivity index (χ4n) is 3.42. The molecule has 110 valence electrons. The van der Waals surface area contributed by atoms with Gasteiger partial charge in [0.1, 0.15) is 0 Å². The molecule has 1 aromatic rings. The van der Waals surface area contributed by atoms with Crippen LogP contribution in [0.25, 0.3) is 0 Å². The molecule has 1 aromatic carbocycles. The average Bonchev–Trinajstić information content (AvgIpc) is 3.32. The predicted octanol–water partition coefficient (Wildman–Crippen LogP) is 3.16. The summed E-state index contributed by atoms with van der Waals surface area (Å²) in [4.78, 5) is 2.74. The molecule has 1 N–H and O–H groups in total. The zero-order valence-corrected chi connectivity index (χ0v) is 13.4. The molecule has 0 bridgehead atoms. The molecular weight excluding hydrogens is 264 g/mol. The van der Waals surface area contributed by atoms with Crippen molar-refractivity contribution in [3.63, 3.8) is 0 Å². The van der Waals surface area contributed by atoms with E-state index in [0.29, 0.717) is 12.1 Å². The lowest BCUT2D eigenvalue weighted by atomic mass is 9.98. The van der Waals surface area contributed by atoms with Gasteiger partial charge in [-0.05, 0) is 37.5 Å². The Kier molecular flexibility index (Phi) is 4.69. The summed E-state index contributed by atoms with van der Waals surface area (Å²) in [7, 11) is 0. The van der Waals surface area contributed by atoms with Crippen LogP contribution in [0.5, 0.6) is 0 Å². The van der Waals surface area contributed by atoms with Gasteiger partial charge in [0.2, 0.25) is 0 Å². The SMILES string of the molecule is CSCC(C)N1CC(C2CC2)NCC1c1ccccc1. The number of benzene rings is 1. The van der Waals surface area contributed by atoms with Crippen molar-refractivity contribution in [1.29, 1.82) is 0 Å². The van der Waals surface area contributed by atoms with Crippen LogP contribution in [-0.4, -0.2) is 42.1 Å². The molecule has 0 radical (unpaired) electrons. The van der Waals surface area contributed by atoms with Crippen LogP contribution in [-0.2, 0) is 0 Å². The molecule has 0 aromatic heterocycles. The summed E-state index contributed by atoms with van der Waals surface area (Å²) >= 11 is 1.96. The van der Waals surface area contributed by atoms with Crippen LogP contribution in [0.3, 0.4) is 0 Å². The van der Waals surface area contributed by atoms with Crippen LogP contribution < -0.4 is 5.32 Å². The highest BCUT2D eigenvalue weighted by Gasteiger charge is 2.38. The van der Waals surface area contributed by atoms with E-state index in [1.165, 1.54) is 30.7 Å². The molecule has 3 unspecified atom stereocenters. The van der Waals surface area contributed by atoms with Crippen LogP contribution in [0.4, 0.5) is 0 Å². The lowest BCUT2D eigenvalue weighted by molar-refractivity contribution is 0.0922. The van der Waals surface area contributed by atoms with E-state index in [2.05, 4.69) is 53.7 Å². The van der Waals surface area contributed by atoms with E-state index in [9.17, 15) is 0 Å². The first kappa shape index (κ1) is 14.4. The Hall–Kier alpha value is -0.510. The summed E-state index contributed by atoms with van der Waals surface area (Å²) < 4.78 is 0. The normalized spacial score (nSPS) is 29.3. The highest BCUT2D eigenvalue weighted by atomic mass is 32.2. The standard InChI is InChI=1S/C17H26N2S/c1-13(12-20-2)19-11-16(14-8-9-14)18-10-17(19)15-6-4-3-5-7-15/h3-7,13-14,16-18H,8-12H2,1-2H3. The van der Waals surface area contributed by atoms with Crippen molar-refractivity contribution < 1.29 is 0 Å². The molecular formula is C17H26N2S. The second kappa shape index (κ2) is 6.50. The summed E-state index contributed by atoms with van der Waals surface area (Å²) in [5.74, 6) is 2.16. The zero-order valence-electron chi connectivity index (χ0n) is 12.6. The first-order valence-corrected chi connectivity index (χ1v) is 9.22. The third-order valence-electron chi connectivity index (χ3n) is 4.73. The van der Waals surface area contributed by atoms with Gasteiger partial charge in [-0.1, -0.05) is 30.3 Å². The van der Waals surface area contributed by atoms with Crippen molar-refractivity contribution in [3.8, 4) is 0 Å². The molecule has 2 aliphatic rings. The monoisotopic (exact) mass is 290 g/mol. The molecule has 2 nitrogen and oxygen atoms in total. The first-order chi connectivity index (χ1) is 9.79. The van der Waals surface area contributed by atoms with E-state index in [-0.39, 0.29) is 0 Å². The van der Waals surface area contributed by atoms with Gasteiger partial charge in [0, 0.05) is 37.0 Å². The summed E-state index contributed by atoms with van der Waals surface area (Å²) in [6.45, 7) is 4.71. The number of nitrogens with one attached hydrogen (secondary N) is 1. The summed E-state index contributed by atoms with van der Waals surface area (Å²) in [5.41, 5.74) is 1.46. The van der Waals surface area contributed by atoms with Crippen molar-refractivity contribution in [2.75, 3.05) is 25.1 Å². The highest BCUT2D eigenvalue weighted by Crippen LogP contribution is 2.37. The minimum atomic E-state index is 0.536. The van der Waals surface area contributed by atoms with Crippen LogP contribution in [0.15, 0.2) is 30.3 Å². The van der Waals surface area contributed by atoms with E-state index in [1.54, 1.807) is 0 Å².